The second kappa shape index (κ2) is 8.46. The molecule has 1 aliphatic rings. The molecule has 29 heavy (non-hydrogen) atoms. The van der Waals surface area contributed by atoms with Crippen molar-refractivity contribution in [3.8, 4) is 5.75 Å². The minimum Gasteiger partial charge on any atom is -0.497 e. The monoisotopic (exact) mass is 432 g/mol. The number of aromatic amines is 1. The molecule has 1 N–H and O–H groups in total. The molecule has 0 saturated carbocycles. The number of halogens is 1. The molecule has 1 saturated heterocycles. The highest BCUT2D eigenvalue weighted by molar-refractivity contribution is 8.00. The van der Waals surface area contributed by atoms with Gasteiger partial charge in [-0.3, -0.25) is 4.79 Å². The van der Waals surface area contributed by atoms with Crippen LogP contribution in [0.5, 0.6) is 5.75 Å². The molecule has 0 radical (unpaired) electrons. The summed E-state index contributed by atoms with van der Waals surface area (Å²) in [6.07, 6.45) is 1.55. The number of fused-ring (bicyclic) bond motifs is 1. The maximum atomic E-state index is 13.0. The standard InChI is InChI=1S/C19H21ClN6O2S/c1-12(29-17-15-16(22-11-21-15)23-19(20)24-17)18(27)26-9-7-25(8-10-26)13-3-5-14(28-2)6-4-13/h3-6,11-12H,7-10H2,1-2H3,(H,21,22,23,24). The smallest absolute Gasteiger partial charge is 0.235 e. The van der Waals surface area contributed by atoms with E-state index in [0.29, 0.717) is 29.3 Å². The summed E-state index contributed by atoms with van der Waals surface area (Å²) < 4.78 is 5.21. The number of nitrogens with one attached hydrogen (secondary N) is 1. The number of benzene rings is 1. The van der Waals surface area contributed by atoms with Gasteiger partial charge in [0, 0.05) is 31.9 Å². The predicted octanol–water partition coefficient (Wildman–Crippen LogP) is 2.84. The average molecular weight is 433 g/mol. The first kappa shape index (κ1) is 19.8. The molecule has 8 nitrogen and oxygen atoms in total. The lowest BCUT2D eigenvalue weighted by atomic mass is 10.2. The van der Waals surface area contributed by atoms with Gasteiger partial charge in [0.15, 0.2) is 5.65 Å². The van der Waals surface area contributed by atoms with E-state index in [2.05, 4.69) is 24.8 Å². The Labute approximate surface area is 177 Å². The number of anilines is 1. The Kier molecular flexibility index (Phi) is 5.77. The number of carbonyl (C=O) groups is 1. The molecule has 1 unspecified atom stereocenters. The Balaban J connectivity index is 1.38. The van der Waals surface area contributed by atoms with E-state index in [1.54, 1.807) is 13.4 Å². The van der Waals surface area contributed by atoms with Crippen LogP contribution in [0.3, 0.4) is 0 Å². The van der Waals surface area contributed by atoms with Crippen molar-refractivity contribution in [1.82, 2.24) is 24.8 Å². The summed E-state index contributed by atoms with van der Waals surface area (Å²) >= 11 is 7.36. The topological polar surface area (TPSA) is 87.2 Å². The van der Waals surface area contributed by atoms with Gasteiger partial charge in [0.05, 0.1) is 18.7 Å². The molecular weight excluding hydrogens is 412 g/mol. The minimum atomic E-state index is -0.292. The van der Waals surface area contributed by atoms with E-state index < -0.39 is 0 Å². The molecule has 2 aromatic heterocycles. The number of amides is 1. The van der Waals surface area contributed by atoms with Crippen molar-refractivity contribution in [3.05, 3.63) is 35.9 Å². The third-order valence-corrected chi connectivity index (χ3v) is 6.13. The molecule has 1 amide bonds. The molecular formula is C19H21ClN6O2S. The summed E-state index contributed by atoms with van der Waals surface area (Å²) in [5.74, 6) is 0.927. The van der Waals surface area contributed by atoms with Crippen molar-refractivity contribution in [3.63, 3.8) is 0 Å². The number of ether oxygens (including phenoxy) is 1. The average Bonchev–Trinajstić information content (AvgIpc) is 3.22. The molecule has 1 fully saturated rings. The van der Waals surface area contributed by atoms with E-state index >= 15 is 0 Å². The van der Waals surface area contributed by atoms with Crippen molar-refractivity contribution < 1.29 is 9.53 Å². The zero-order valence-electron chi connectivity index (χ0n) is 16.1. The molecule has 3 heterocycles. The fourth-order valence-corrected chi connectivity index (χ4v) is 4.53. The second-order valence-corrected chi connectivity index (χ2v) is 8.34. The molecule has 0 aliphatic carbocycles. The van der Waals surface area contributed by atoms with Crippen molar-refractivity contribution in [2.24, 2.45) is 0 Å². The van der Waals surface area contributed by atoms with Crippen molar-refractivity contribution in [2.75, 3.05) is 38.2 Å². The van der Waals surface area contributed by atoms with Gasteiger partial charge in [-0.1, -0.05) is 11.8 Å². The summed E-state index contributed by atoms with van der Waals surface area (Å²) in [5, 5.41) is 0.468. The van der Waals surface area contributed by atoms with E-state index in [-0.39, 0.29) is 16.4 Å². The number of methoxy groups -OCH3 is 1. The number of hydrogen-bond acceptors (Lipinski definition) is 7. The fourth-order valence-electron chi connectivity index (χ4n) is 3.32. The van der Waals surface area contributed by atoms with Crippen LogP contribution in [0.25, 0.3) is 11.2 Å². The predicted molar refractivity (Wildman–Crippen MR) is 114 cm³/mol. The summed E-state index contributed by atoms with van der Waals surface area (Å²) in [5.41, 5.74) is 2.33. The van der Waals surface area contributed by atoms with Gasteiger partial charge in [0.2, 0.25) is 11.2 Å². The normalized spacial score (nSPS) is 15.6. The molecule has 1 aliphatic heterocycles. The van der Waals surface area contributed by atoms with Gasteiger partial charge in [-0.25, -0.2) is 9.97 Å². The maximum Gasteiger partial charge on any atom is 0.235 e. The number of nitrogens with zero attached hydrogens (tertiary/aromatic N) is 5. The van der Waals surface area contributed by atoms with Crippen LogP contribution in [0.15, 0.2) is 35.6 Å². The third kappa shape index (κ3) is 4.25. The first-order valence-corrected chi connectivity index (χ1v) is 10.5. The van der Waals surface area contributed by atoms with E-state index in [4.69, 9.17) is 16.3 Å². The highest BCUT2D eigenvalue weighted by Gasteiger charge is 2.27. The number of H-pyrrole nitrogens is 1. The minimum absolute atomic E-state index is 0.0896. The second-order valence-electron chi connectivity index (χ2n) is 6.67. The van der Waals surface area contributed by atoms with Crippen molar-refractivity contribution in [2.45, 2.75) is 17.2 Å². The van der Waals surface area contributed by atoms with Crippen LogP contribution in [0, 0.1) is 0 Å². The quantitative estimate of drug-likeness (QED) is 0.377. The number of piperazine rings is 1. The number of hydrogen-bond donors (Lipinski definition) is 1. The highest BCUT2D eigenvalue weighted by atomic mass is 35.5. The van der Waals surface area contributed by atoms with Gasteiger partial charge in [-0.05, 0) is 42.8 Å². The summed E-state index contributed by atoms with van der Waals surface area (Å²) in [6.45, 7) is 4.83. The van der Waals surface area contributed by atoms with E-state index in [1.165, 1.54) is 11.8 Å². The van der Waals surface area contributed by atoms with E-state index in [1.807, 2.05) is 36.1 Å². The highest BCUT2D eigenvalue weighted by Crippen LogP contribution is 2.29. The van der Waals surface area contributed by atoms with Gasteiger partial charge in [-0.15, -0.1) is 0 Å². The van der Waals surface area contributed by atoms with Crippen LogP contribution in [0.2, 0.25) is 5.28 Å². The summed E-state index contributed by atoms with van der Waals surface area (Å²) in [6, 6.07) is 8.00. The van der Waals surface area contributed by atoms with Gasteiger partial charge in [0.25, 0.3) is 0 Å². The molecule has 1 aromatic carbocycles. The number of thioether (sulfide) groups is 1. The van der Waals surface area contributed by atoms with Crippen LogP contribution < -0.4 is 9.64 Å². The van der Waals surface area contributed by atoms with Crippen molar-refractivity contribution in [1.29, 1.82) is 0 Å². The number of rotatable bonds is 5. The molecule has 4 rings (SSSR count). The zero-order chi connectivity index (χ0) is 20.4. The maximum absolute atomic E-state index is 13.0. The lowest BCUT2D eigenvalue weighted by Crippen LogP contribution is -2.50. The largest absolute Gasteiger partial charge is 0.497 e. The first-order valence-electron chi connectivity index (χ1n) is 9.26. The Morgan fingerprint density at radius 1 is 1.21 bits per heavy atom. The molecule has 0 bridgehead atoms. The van der Waals surface area contributed by atoms with Crippen LogP contribution in [-0.2, 0) is 4.79 Å². The van der Waals surface area contributed by atoms with Crippen LogP contribution in [0.4, 0.5) is 5.69 Å². The molecule has 152 valence electrons. The SMILES string of the molecule is COc1ccc(N2CCN(C(=O)C(C)Sc3nc(Cl)nc4nc[nH]c34)CC2)cc1. The van der Waals surface area contributed by atoms with Crippen molar-refractivity contribution >= 4 is 46.1 Å². The van der Waals surface area contributed by atoms with Crippen LogP contribution >= 0.6 is 23.4 Å². The van der Waals surface area contributed by atoms with Crippen LogP contribution in [-0.4, -0.2) is 69.3 Å². The Hall–Kier alpha value is -2.52. The zero-order valence-corrected chi connectivity index (χ0v) is 17.7. The van der Waals surface area contributed by atoms with Gasteiger partial charge < -0.3 is 19.5 Å². The molecule has 3 aromatic rings. The fraction of sp³-hybridized carbons (Fsp3) is 0.368. The summed E-state index contributed by atoms with van der Waals surface area (Å²) in [4.78, 5) is 32.6. The number of aromatic nitrogens is 4. The molecule has 1 atom stereocenters. The van der Waals surface area contributed by atoms with Gasteiger partial charge in [-0.2, -0.15) is 4.98 Å². The molecule has 10 heteroatoms. The lowest BCUT2D eigenvalue weighted by Gasteiger charge is -2.37. The number of carbonyl (C=O) groups excluding carboxylic acids is 1. The lowest BCUT2D eigenvalue weighted by molar-refractivity contribution is -0.130. The number of imidazole rings is 1. The van der Waals surface area contributed by atoms with Gasteiger partial charge in [0.1, 0.15) is 16.3 Å². The Bertz CT molecular complexity index is 1000. The van der Waals surface area contributed by atoms with E-state index in [9.17, 15) is 4.79 Å². The summed E-state index contributed by atoms with van der Waals surface area (Å²) in [7, 11) is 1.66. The third-order valence-electron chi connectivity index (χ3n) is 4.89. The first-order chi connectivity index (χ1) is 14.0. The van der Waals surface area contributed by atoms with Gasteiger partial charge >= 0.3 is 0 Å². The van der Waals surface area contributed by atoms with Crippen LogP contribution in [0.1, 0.15) is 6.92 Å². The van der Waals surface area contributed by atoms with E-state index in [0.717, 1.165) is 24.5 Å². The Morgan fingerprint density at radius 2 is 1.93 bits per heavy atom. The Morgan fingerprint density at radius 3 is 2.62 bits per heavy atom. The molecule has 0 spiro atoms.